The molecule has 192 valence electrons. The van der Waals surface area contributed by atoms with Crippen LogP contribution in [0.5, 0.6) is 0 Å². The van der Waals surface area contributed by atoms with Gasteiger partial charge in [-0.05, 0) is 38.0 Å². The summed E-state index contributed by atoms with van der Waals surface area (Å²) in [6.07, 6.45) is 3.58. The minimum Gasteiger partial charge on any atom is -0.465 e. The van der Waals surface area contributed by atoms with Crippen LogP contribution in [-0.4, -0.2) is 70.3 Å². The van der Waals surface area contributed by atoms with E-state index in [1.54, 1.807) is 25.3 Å². The van der Waals surface area contributed by atoms with Gasteiger partial charge in [-0.1, -0.05) is 23.2 Å². The average molecular weight is 554 g/mol. The topological polar surface area (TPSA) is 153 Å². The molecule has 1 saturated carbocycles. The molecular formula is C22H25Cl2N7O4S. The zero-order valence-electron chi connectivity index (χ0n) is 19.7. The first-order valence-electron chi connectivity index (χ1n) is 11.0. The molecule has 1 amide bonds. The van der Waals surface area contributed by atoms with Gasteiger partial charge in [-0.2, -0.15) is 0 Å². The summed E-state index contributed by atoms with van der Waals surface area (Å²) in [4.78, 5) is 29.3. The predicted molar refractivity (Wildman–Crippen MR) is 139 cm³/mol. The third kappa shape index (κ3) is 6.00. The van der Waals surface area contributed by atoms with Crippen molar-refractivity contribution in [3.05, 3.63) is 40.3 Å². The summed E-state index contributed by atoms with van der Waals surface area (Å²) in [5.74, 6) is 1.37. The van der Waals surface area contributed by atoms with Crippen molar-refractivity contribution in [3.63, 3.8) is 0 Å². The monoisotopic (exact) mass is 553 g/mol. The van der Waals surface area contributed by atoms with Gasteiger partial charge < -0.3 is 20.3 Å². The van der Waals surface area contributed by atoms with Crippen molar-refractivity contribution < 1.29 is 18.3 Å². The molecule has 4 N–H and O–H groups in total. The lowest BCUT2D eigenvalue weighted by atomic mass is 10.1. The molecule has 0 unspecified atom stereocenters. The number of carbonyl (C=O) groups is 1. The molecule has 1 atom stereocenters. The van der Waals surface area contributed by atoms with Crippen LogP contribution >= 0.6 is 23.2 Å². The maximum Gasteiger partial charge on any atom is 0.407 e. The van der Waals surface area contributed by atoms with Gasteiger partial charge in [-0.25, -0.2) is 28.2 Å². The van der Waals surface area contributed by atoms with Gasteiger partial charge in [0.15, 0.2) is 0 Å². The smallest absolute Gasteiger partial charge is 0.407 e. The van der Waals surface area contributed by atoms with Crippen LogP contribution in [-0.2, 0) is 10.0 Å². The Kier molecular flexibility index (Phi) is 7.30. The Morgan fingerprint density at radius 1 is 1.31 bits per heavy atom. The molecule has 14 heteroatoms. The maximum absolute atomic E-state index is 11.8. The second kappa shape index (κ2) is 10.1. The number of anilines is 2. The summed E-state index contributed by atoms with van der Waals surface area (Å²) in [6.45, 7) is 2.07. The molecule has 2 aromatic heterocycles. The Morgan fingerprint density at radius 3 is 2.67 bits per heavy atom. The molecule has 0 radical (unpaired) electrons. The van der Waals surface area contributed by atoms with Gasteiger partial charge in [-0.3, -0.25) is 4.72 Å². The number of halogens is 2. The highest BCUT2D eigenvalue weighted by Crippen LogP contribution is 2.44. The van der Waals surface area contributed by atoms with Gasteiger partial charge in [0.2, 0.25) is 16.0 Å². The molecule has 4 rings (SSSR count). The van der Waals surface area contributed by atoms with Crippen molar-refractivity contribution >= 4 is 51.0 Å². The van der Waals surface area contributed by atoms with Crippen molar-refractivity contribution in [1.29, 1.82) is 0 Å². The van der Waals surface area contributed by atoms with Gasteiger partial charge in [0.1, 0.15) is 5.82 Å². The van der Waals surface area contributed by atoms with Crippen LogP contribution in [0.2, 0.25) is 10.0 Å². The van der Waals surface area contributed by atoms with E-state index in [1.165, 1.54) is 18.0 Å². The summed E-state index contributed by atoms with van der Waals surface area (Å²) in [6, 6.07) is 4.45. The number of nitrogens with one attached hydrogen (secondary N) is 3. The zero-order valence-corrected chi connectivity index (χ0v) is 22.0. The van der Waals surface area contributed by atoms with E-state index in [0.717, 1.165) is 24.9 Å². The lowest BCUT2D eigenvalue weighted by Gasteiger charge is -2.21. The summed E-state index contributed by atoms with van der Waals surface area (Å²) in [7, 11) is -2.11. The number of sulfonamides is 1. The van der Waals surface area contributed by atoms with Crippen LogP contribution in [0.15, 0.2) is 24.4 Å². The lowest BCUT2D eigenvalue weighted by Crippen LogP contribution is -2.38. The molecule has 0 spiro atoms. The molecule has 1 fully saturated rings. The number of H-pyrrole nitrogens is 1. The minimum atomic E-state index is -3.60. The number of aromatic amines is 1. The molecule has 3 aromatic rings. The molecule has 36 heavy (non-hydrogen) atoms. The standard InChI is InChI=1S/C22H25Cl2N7O4S/c1-11(31(2)22(32)33)10-26-21-25-7-6-15(27-21)19-18(28-20(29-19)12-4-5-12)14-8-13(23)9-16(17(14)24)30-36(3,34)35/h6-9,11-12,30H,4-5,10H2,1-3H3,(H,28,29)(H,32,33)(H,25,26,27)/t11-/m0/s1. The van der Waals surface area contributed by atoms with E-state index in [-0.39, 0.29) is 27.7 Å². The third-order valence-corrected chi connectivity index (χ3v) is 6.92. The van der Waals surface area contributed by atoms with Crippen LogP contribution < -0.4 is 10.0 Å². The van der Waals surface area contributed by atoms with E-state index in [2.05, 4.69) is 25.0 Å². The van der Waals surface area contributed by atoms with Crippen LogP contribution in [0.3, 0.4) is 0 Å². The van der Waals surface area contributed by atoms with Crippen molar-refractivity contribution in [1.82, 2.24) is 24.8 Å². The number of hydrogen-bond donors (Lipinski definition) is 4. The number of likely N-dealkylation sites (N-methyl/N-ethyl adjacent to an activating group) is 1. The Hall–Kier alpha value is -3.09. The van der Waals surface area contributed by atoms with Crippen molar-refractivity contribution in [3.8, 4) is 22.6 Å². The molecular weight excluding hydrogens is 529 g/mol. The number of benzene rings is 1. The molecule has 0 saturated heterocycles. The zero-order chi connectivity index (χ0) is 26.2. The van der Waals surface area contributed by atoms with Crippen LogP contribution in [0, 0.1) is 0 Å². The molecule has 0 bridgehead atoms. The largest absolute Gasteiger partial charge is 0.465 e. The summed E-state index contributed by atoms with van der Waals surface area (Å²) in [5, 5.41) is 12.6. The Labute approximate surface area is 218 Å². The molecule has 1 aromatic carbocycles. The fraction of sp³-hybridized carbons (Fsp3) is 0.364. The van der Waals surface area contributed by atoms with Gasteiger partial charge in [0.25, 0.3) is 0 Å². The van der Waals surface area contributed by atoms with Crippen molar-refractivity contribution in [2.24, 2.45) is 0 Å². The van der Waals surface area contributed by atoms with E-state index in [0.29, 0.717) is 35.1 Å². The highest BCUT2D eigenvalue weighted by molar-refractivity contribution is 7.92. The van der Waals surface area contributed by atoms with Crippen LogP contribution in [0.4, 0.5) is 16.4 Å². The molecule has 11 nitrogen and oxygen atoms in total. The fourth-order valence-electron chi connectivity index (χ4n) is 3.51. The number of imidazole rings is 1. The van der Waals surface area contributed by atoms with E-state index in [4.69, 9.17) is 33.3 Å². The Balaban J connectivity index is 1.73. The first-order valence-corrected chi connectivity index (χ1v) is 13.7. The first kappa shape index (κ1) is 26.0. The van der Waals surface area contributed by atoms with Gasteiger partial charge in [0, 0.05) is 42.3 Å². The van der Waals surface area contributed by atoms with E-state index in [1.807, 2.05) is 0 Å². The number of amides is 1. The third-order valence-electron chi connectivity index (χ3n) is 5.70. The van der Waals surface area contributed by atoms with Crippen LogP contribution in [0.1, 0.15) is 31.5 Å². The normalized spacial score (nSPS) is 14.4. The number of carboxylic acid groups (broad SMARTS) is 1. The summed E-state index contributed by atoms with van der Waals surface area (Å²) < 4.78 is 26.1. The SMILES string of the molecule is C[C@@H](CNc1nccc(-c2[nH]c(C3CC3)nc2-c2cc(Cl)cc(NS(C)(=O)=O)c2Cl)n1)N(C)C(=O)O. The average Bonchev–Trinajstić information content (AvgIpc) is 3.56. The molecule has 0 aliphatic heterocycles. The molecule has 1 aliphatic carbocycles. The Bertz CT molecular complexity index is 1410. The number of hydrogen-bond acceptors (Lipinski definition) is 7. The number of aromatic nitrogens is 4. The Morgan fingerprint density at radius 2 is 2.03 bits per heavy atom. The second-order valence-corrected chi connectivity index (χ2v) is 11.3. The van der Waals surface area contributed by atoms with Crippen LogP contribution in [0.25, 0.3) is 22.6 Å². The second-order valence-electron chi connectivity index (χ2n) is 8.70. The summed E-state index contributed by atoms with van der Waals surface area (Å²) in [5.41, 5.74) is 2.16. The van der Waals surface area contributed by atoms with E-state index < -0.39 is 16.1 Å². The molecule has 2 heterocycles. The highest BCUT2D eigenvalue weighted by Gasteiger charge is 2.30. The minimum absolute atomic E-state index is 0.144. The molecule has 1 aliphatic rings. The van der Waals surface area contributed by atoms with Crippen molar-refractivity contribution in [2.45, 2.75) is 31.7 Å². The van der Waals surface area contributed by atoms with E-state index in [9.17, 15) is 13.2 Å². The fourth-order valence-corrected chi connectivity index (χ4v) is 4.59. The van der Waals surface area contributed by atoms with Gasteiger partial charge in [-0.15, -0.1) is 0 Å². The predicted octanol–water partition coefficient (Wildman–Crippen LogP) is 4.50. The maximum atomic E-state index is 11.8. The van der Waals surface area contributed by atoms with Gasteiger partial charge in [0.05, 0.1) is 34.0 Å². The number of nitrogens with zero attached hydrogens (tertiary/aromatic N) is 4. The number of rotatable bonds is 9. The first-order chi connectivity index (χ1) is 16.9. The summed E-state index contributed by atoms with van der Waals surface area (Å²) >= 11 is 12.9. The quantitative estimate of drug-likeness (QED) is 0.302. The van der Waals surface area contributed by atoms with Crippen molar-refractivity contribution in [2.75, 3.05) is 29.9 Å². The highest BCUT2D eigenvalue weighted by atomic mass is 35.5. The van der Waals surface area contributed by atoms with Gasteiger partial charge >= 0.3 is 6.09 Å². The lowest BCUT2D eigenvalue weighted by molar-refractivity contribution is 0.144. The van der Waals surface area contributed by atoms with E-state index >= 15 is 0 Å².